The van der Waals surface area contributed by atoms with Gasteiger partial charge in [-0.1, -0.05) is 41.4 Å². The molecule has 0 saturated heterocycles. The number of para-hydroxylation sites is 3. The number of carbonyl (C=O) groups excluding carboxylic acids is 2. The van der Waals surface area contributed by atoms with Crippen LogP contribution in [0.1, 0.15) is 13.8 Å². The van der Waals surface area contributed by atoms with E-state index in [4.69, 9.17) is 27.9 Å². The SMILES string of the molecule is CCOc1ccccc1NC(=O)C(C)N(C)CC(=O)Nc1c(Cl)cccc1Cl. The van der Waals surface area contributed by atoms with Crippen LogP contribution in [0.2, 0.25) is 10.0 Å². The Morgan fingerprint density at radius 1 is 1.07 bits per heavy atom. The maximum atomic E-state index is 12.6. The number of halogens is 2. The lowest BCUT2D eigenvalue weighted by atomic mass is 10.2. The molecule has 6 nitrogen and oxygen atoms in total. The van der Waals surface area contributed by atoms with E-state index in [0.29, 0.717) is 33.8 Å². The molecule has 2 N–H and O–H groups in total. The minimum atomic E-state index is -0.554. The number of hydrogen-bond acceptors (Lipinski definition) is 4. The second-order valence-corrected chi connectivity index (χ2v) is 6.97. The van der Waals surface area contributed by atoms with Crippen molar-refractivity contribution in [3.05, 3.63) is 52.5 Å². The van der Waals surface area contributed by atoms with Gasteiger partial charge < -0.3 is 15.4 Å². The molecule has 2 aromatic rings. The summed E-state index contributed by atoms with van der Waals surface area (Å²) in [4.78, 5) is 26.5. The third-order valence-electron chi connectivity index (χ3n) is 4.11. The van der Waals surface area contributed by atoms with Crippen LogP contribution >= 0.6 is 23.2 Å². The third-order valence-corrected chi connectivity index (χ3v) is 4.74. The zero-order valence-electron chi connectivity index (χ0n) is 16.0. The number of ether oxygens (including phenoxy) is 1. The average Bonchev–Trinajstić information content (AvgIpc) is 2.66. The molecule has 8 heteroatoms. The predicted molar refractivity (Wildman–Crippen MR) is 113 cm³/mol. The fourth-order valence-corrected chi connectivity index (χ4v) is 2.94. The Morgan fingerprint density at radius 3 is 2.36 bits per heavy atom. The summed E-state index contributed by atoms with van der Waals surface area (Å²) in [6.45, 7) is 4.07. The van der Waals surface area contributed by atoms with Gasteiger partial charge in [0, 0.05) is 0 Å². The summed E-state index contributed by atoms with van der Waals surface area (Å²) < 4.78 is 5.51. The Balaban J connectivity index is 1.97. The first-order valence-electron chi connectivity index (χ1n) is 8.80. The van der Waals surface area contributed by atoms with Crippen LogP contribution in [0.5, 0.6) is 5.75 Å². The van der Waals surface area contributed by atoms with Gasteiger partial charge in [-0.3, -0.25) is 14.5 Å². The van der Waals surface area contributed by atoms with Crippen LogP contribution in [-0.2, 0) is 9.59 Å². The van der Waals surface area contributed by atoms with Crippen molar-refractivity contribution in [2.45, 2.75) is 19.9 Å². The van der Waals surface area contributed by atoms with Crippen molar-refractivity contribution in [1.82, 2.24) is 4.90 Å². The van der Waals surface area contributed by atoms with E-state index >= 15 is 0 Å². The summed E-state index contributed by atoms with van der Waals surface area (Å²) in [7, 11) is 1.69. The second kappa shape index (κ2) is 10.3. The van der Waals surface area contributed by atoms with Gasteiger partial charge in [-0.2, -0.15) is 0 Å². The number of benzene rings is 2. The molecule has 0 aliphatic rings. The normalized spacial score (nSPS) is 11.8. The molecular formula is C20H23Cl2N3O3. The van der Waals surface area contributed by atoms with Crippen LogP contribution in [0.3, 0.4) is 0 Å². The zero-order valence-corrected chi connectivity index (χ0v) is 17.5. The van der Waals surface area contributed by atoms with Gasteiger partial charge in [-0.15, -0.1) is 0 Å². The summed E-state index contributed by atoms with van der Waals surface area (Å²) in [5.41, 5.74) is 0.939. The van der Waals surface area contributed by atoms with Crippen LogP contribution in [0.4, 0.5) is 11.4 Å². The van der Waals surface area contributed by atoms with Crippen LogP contribution < -0.4 is 15.4 Å². The Labute approximate surface area is 174 Å². The molecule has 0 aromatic heterocycles. The highest BCUT2D eigenvalue weighted by atomic mass is 35.5. The van der Waals surface area contributed by atoms with Crippen molar-refractivity contribution in [2.75, 3.05) is 30.8 Å². The maximum absolute atomic E-state index is 12.6. The topological polar surface area (TPSA) is 70.7 Å². The molecule has 2 amide bonds. The molecule has 0 fully saturated rings. The van der Waals surface area contributed by atoms with E-state index in [2.05, 4.69) is 10.6 Å². The van der Waals surface area contributed by atoms with E-state index < -0.39 is 6.04 Å². The van der Waals surface area contributed by atoms with Gasteiger partial charge in [-0.25, -0.2) is 0 Å². The molecule has 0 aliphatic heterocycles. The van der Waals surface area contributed by atoms with Gasteiger partial charge in [0.25, 0.3) is 0 Å². The summed E-state index contributed by atoms with van der Waals surface area (Å²) >= 11 is 12.1. The molecule has 2 aromatic carbocycles. The molecule has 28 heavy (non-hydrogen) atoms. The lowest BCUT2D eigenvalue weighted by molar-refractivity contribution is -0.122. The molecule has 150 valence electrons. The molecular weight excluding hydrogens is 401 g/mol. The van der Waals surface area contributed by atoms with Crippen LogP contribution in [0.25, 0.3) is 0 Å². The lowest BCUT2D eigenvalue weighted by Crippen LogP contribution is -2.43. The fourth-order valence-electron chi connectivity index (χ4n) is 2.45. The van der Waals surface area contributed by atoms with Gasteiger partial charge in [0.15, 0.2) is 0 Å². The van der Waals surface area contributed by atoms with Crippen molar-refractivity contribution in [1.29, 1.82) is 0 Å². The monoisotopic (exact) mass is 423 g/mol. The smallest absolute Gasteiger partial charge is 0.241 e. The summed E-state index contributed by atoms with van der Waals surface area (Å²) in [5.74, 6) is 0.0180. The zero-order chi connectivity index (χ0) is 20.7. The van der Waals surface area contributed by atoms with Gasteiger partial charge >= 0.3 is 0 Å². The largest absolute Gasteiger partial charge is 0.492 e. The molecule has 1 atom stereocenters. The minimum absolute atomic E-state index is 0.0107. The van der Waals surface area contributed by atoms with E-state index in [1.807, 2.05) is 19.1 Å². The number of likely N-dealkylation sites (N-methyl/N-ethyl adjacent to an activating group) is 1. The van der Waals surface area contributed by atoms with Crippen molar-refractivity contribution in [3.8, 4) is 5.75 Å². The van der Waals surface area contributed by atoms with Crippen molar-refractivity contribution in [2.24, 2.45) is 0 Å². The van der Waals surface area contributed by atoms with Crippen molar-refractivity contribution < 1.29 is 14.3 Å². The fraction of sp³-hybridized carbons (Fsp3) is 0.300. The first kappa shape index (κ1) is 22.0. The van der Waals surface area contributed by atoms with Crippen LogP contribution in [0.15, 0.2) is 42.5 Å². The number of nitrogens with zero attached hydrogens (tertiary/aromatic N) is 1. The van der Waals surface area contributed by atoms with E-state index in [-0.39, 0.29) is 18.4 Å². The Morgan fingerprint density at radius 2 is 1.71 bits per heavy atom. The van der Waals surface area contributed by atoms with E-state index in [0.717, 1.165) is 0 Å². The number of anilines is 2. The summed E-state index contributed by atoms with van der Waals surface area (Å²) in [6, 6.07) is 11.6. The highest BCUT2D eigenvalue weighted by Crippen LogP contribution is 2.29. The first-order valence-corrected chi connectivity index (χ1v) is 9.55. The number of amides is 2. The van der Waals surface area contributed by atoms with Gasteiger partial charge in [0.05, 0.1) is 40.6 Å². The molecule has 0 radical (unpaired) electrons. The van der Waals surface area contributed by atoms with Gasteiger partial charge in [0.1, 0.15) is 5.75 Å². The molecule has 2 rings (SSSR count). The summed E-state index contributed by atoms with van der Waals surface area (Å²) in [6.07, 6.45) is 0. The van der Waals surface area contributed by atoms with Crippen molar-refractivity contribution >= 4 is 46.4 Å². The maximum Gasteiger partial charge on any atom is 0.241 e. The molecule has 0 saturated carbocycles. The van der Waals surface area contributed by atoms with Gasteiger partial charge in [-0.05, 0) is 45.2 Å². The second-order valence-electron chi connectivity index (χ2n) is 6.15. The molecule has 0 bridgehead atoms. The number of hydrogen-bond donors (Lipinski definition) is 2. The third kappa shape index (κ3) is 5.86. The van der Waals surface area contributed by atoms with Gasteiger partial charge in [0.2, 0.25) is 11.8 Å². The molecule has 0 heterocycles. The van der Waals surface area contributed by atoms with Crippen LogP contribution in [0, 0.1) is 0 Å². The first-order chi connectivity index (χ1) is 13.3. The Bertz CT molecular complexity index is 825. The summed E-state index contributed by atoms with van der Waals surface area (Å²) in [5, 5.41) is 6.22. The average molecular weight is 424 g/mol. The van der Waals surface area contributed by atoms with E-state index in [9.17, 15) is 9.59 Å². The standard InChI is InChI=1S/C20H23Cl2N3O3/c1-4-28-17-11-6-5-10-16(17)23-20(27)13(2)25(3)12-18(26)24-19-14(21)8-7-9-15(19)22/h5-11,13H,4,12H2,1-3H3,(H,23,27)(H,24,26). The molecule has 0 aliphatic carbocycles. The highest BCUT2D eigenvalue weighted by molar-refractivity contribution is 6.39. The number of carbonyl (C=O) groups is 2. The molecule has 1 unspecified atom stereocenters. The van der Waals surface area contributed by atoms with Crippen LogP contribution in [-0.4, -0.2) is 43.0 Å². The molecule has 0 spiro atoms. The lowest BCUT2D eigenvalue weighted by Gasteiger charge is -2.24. The van der Waals surface area contributed by atoms with Crippen molar-refractivity contribution in [3.63, 3.8) is 0 Å². The van der Waals surface area contributed by atoms with E-state index in [1.165, 1.54) is 0 Å². The number of nitrogens with one attached hydrogen (secondary N) is 2. The van der Waals surface area contributed by atoms with E-state index in [1.54, 1.807) is 49.2 Å². The Kier molecular flexibility index (Phi) is 8.11. The highest BCUT2D eigenvalue weighted by Gasteiger charge is 2.22. The Hall–Kier alpha value is -2.28. The number of rotatable bonds is 8. The predicted octanol–water partition coefficient (Wildman–Crippen LogP) is 4.29. The quantitative estimate of drug-likeness (QED) is 0.664. The minimum Gasteiger partial charge on any atom is -0.492 e.